The molecule has 3 saturated carbocycles. The molecule has 3 fully saturated rings. The van der Waals surface area contributed by atoms with Gasteiger partial charge in [-0.15, -0.1) is 0 Å². The van der Waals surface area contributed by atoms with Crippen molar-refractivity contribution in [3.8, 4) is 11.8 Å². The number of halogens is 1. The first-order valence-corrected chi connectivity index (χ1v) is 13.0. The lowest BCUT2D eigenvalue weighted by Gasteiger charge is -2.45. The molecule has 1 aromatic rings. The zero-order chi connectivity index (χ0) is 22.5. The van der Waals surface area contributed by atoms with Crippen LogP contribution in [0.4, 0.5) is 4.39 Å². The van der Waals surface area contributed by atoms with Crippen molar-refractivity contribution in [2.75, 3.05) is 0 Å². The number of esters is 1. The number of hydrogen-bond donors (Lipinski definition) is 0. The lowest BCUT2D eigenvalue weighted by Crippen LogP contribution is -2.35. The van der Waals surface area contributed by atoms with Crippen molar-refractivity contribution >= 4 is 5.97 Å². The van der Waals surface area contributed by atoms with Gasteiger partial charge >= 0.3 is 5.97 Å². The number of carbonyl (C=O) groups excluding carboxylic acids is 1. The van der Waals surface area contributed by atoms with Crippen LogP contribution in [0.15, 0.2) is 18.2 Å². The van der Waals surface area contributed by atoms with Crippen LogP contribution in [-0.2, 0) is 4.79 Å². The molecule has 0 bridgehead atoms. The van der Waals surface area contributed by atoms with Crippen molar-refractivity contribution in [2.24, 2.45) is 35.5 Å². The highest BCUT2D eigenvalue weighted by atomic mass is 19.1. The predicted octanol–water partition coefficient (Wildman–Crippen LogP) is 7.43. The van der Waals surface area contributed by atoms with Gasteiger partial charge in [0, 0.05) is 0 Å². The number of ether oxygens (including phenoxy) is 1. The summed E-state index contributed by atoms with van der Waals surface area (Å²) < 4.78 is 19.4. The molecule has 4 rings (SSSR count). The smallest absolute Gasteiger partial charge is 0.314 e. The standard InChI is InChI=1S/C28H38FNO2/c1-2-3-4-19-5-7-25-17-24(13-12-23(25)15-19)21-8-10-22(11-9-21)28(31)32-27-14-6-20(18-30)16-26(27)29/h6,14,16,19,21-25H,2-5,7-13,15,17H2,1H3. The number of hydrogen-bond acceptors (Lipinski definition) is 3. The molecule has 4 heteroatoms. The van der Waals surface area contributed by atoms with E-state index in [4.69, 9.17) is 10.00 Å². The van der Waals surface area contributed by atoms with E-state index in [1.807, 2.05) is 6.07 Å². The Hall–Kier alpha value is -1.89. The first-order chi connectivity index (χ1) is 15.6. The Morgan fingerprint density at radius 2 is 1.66 bits per heavy atom. The number of benzene rings is 1. The molecule has 0 radical (unpaired) electrons. The van der Waals surface area contributed by atoms with Crippen LogP contribution in [-0.4, -0.2) is 5.97 Å². The highest BCUT2D eigenvalue weighted by Gasteiger charge is 2.39. The van der Waals surface area contributed by atoms with E-state index in [1.54, 1.807) is 0 Å². The molecule has 174 valence electrons. The second-order valence-corrected chi connectivity index (χ2v) is 10.7. The highest BCUT2D eigenvalue weighted by Crippen LogP contribution is 2.49. The normalized spacial score (nSPS) is 32.5. The highest BCUT2D eigenvalue weighted by molar-refractivity contribution is 5.75. The van der Waals surface area contributed by atoms with E-state index in [2.05, 4.69) is 6.92 Å². The van der Waals surface area contributed by atoms with Crippen molar-refractivity contribution in [3.05, 3.63) is 29.6 Å². The Morgan fingerprint density at radius 1 is 1.00 bits per heavy atom. The molecule has 0 N–H and O–H groups in total. The van der Waals surface area contributed by atoms with Gasteiger partial charge in [-0.25, -0.2) is 4.39 Å². The van der Waals surface area contributed by atoms with Crippen molar-refractivity contribution in [3.63, 3.8) is 0 Å². The zero-order valence-corrected chi connectivity index (χ0v) is 19.5. The fourth-order valence-corrected chi connectivity index (χ4v) is 6.88. The van der Waals surface area contributed by atoms with Gasteiger partial charge in [0.15, 0.2) is 11.6 Å². The maximum atomic E-state index is 14.1. The molecule has 4 unspecified atom stereocenters. The molecule has 3 aliphatic carbocycles. The third-order valence-corrected chi connectivity index (χ3v) is 8.77. The van der Waals surface area contributed by atoms with Crippen molar-refractivity contribution < 1.29 is 13.9 Å². The van der Waals surface area contributed by atoms with Gasteiger partial charge in [0.25, 0.3) is 0 Å². The molecule has 0 heterocycles. The monoisotopic (exact) mass is 439 g/mol. The Labute approximate surface area is 192 Å². The van der Waals surface area contributed by atoms with Crippen LogP contribution in [0.25, 0.3) is 0 Å². The summed E-state index contributed by atoms with van der Waals surface area (Å²) in [5, 5.41) is 8.85. The molecule has 0 aliphatic heterocycles. The second kappa shape index (κ2) is 10.8. The minimum absolute atomic E-state index is 0.0658. The lowest BCUT2D eigenvalue weighted by atomic mass is 9.60. The molecular weight excluding hydrogens is 401 g/mol. The van der Waals surface area contributed by atoms with Crippen molar-refractivity contribution in [2.45, 2.75) is 90.4 Å². The average Bonchev–Trinajstić information content (AvgIpc) is 2.83. The van der Waals surface area contributed by atoms with Gasteiger partial charge in [-0.1, -0.05) is 32.6 Å². The van der Waals surface area contributed by atoms with Crippen LogP contribution < -0.4 is 4.74 Å². The predicted molar refractivity (Wildman–Crippen MR) is 123 cm³/mol. The number of rotatable bonds is 6. The van der Waals surface area contributed by atoms with Gasteiger partial charge in [0.2, 0.25) is 0 Å². The first-order valence-electron chi connectivity index (χ1n) is 13.0. The van der Waals surface area contributed by atoms with E-state index < -0.39 is 5.82 Å². The number of nitriles is 1. The van der Waals surface area contributed by atoms with Gasteiger partial charge in [-0.2, -0.15) is 5.26 Å². The van der Waals surface area contributed by atoms with Crippen LogP contribution in [0.1, 0.15) is 96.0 Å². The molecule has 4 atom stereocenters. The van der Waals surface area contributed by atoms with Crippen LogP contribution in [0.2, 0.25) is 0 Å². The van der Waals surface area contributed by atoms with E-state index in [9.17, 15) is 9.18 Å². The summed E-state index contributed by atoms with van der Waals surface area (Å²) in [4.78, 5) is 12.6. The molecule has 3 aliphatic rings. The van der Waals surface area contributed by atoms with Gasteiger partial charge in [0.1, 0.15) is 0 Å². The number of nitrogens with zero attached hydrogens (tertiary/aromatic N) is 1. The summed E-state index contributed by atoms with van der Waals surface area (Å²) in [7, 11) is 0. The van der Waals surface area contributed by atoms with Crippen LogP contribution >= 0.6 is 0 Å². The third kappa shape index (κ3) is 5.53. The summed E-state index contributed by atoms with van der Waals surface area (Å²) in [5.74, 6) is 3.30. The number of carbonyl (C=O) groups is 1. The largest absolute Gasteiger partial charge is 0.423 e. The van der Waals surface area contributed by atoms with E-state index >= 15 is 0 Å². The molecule has 0 aromatic heterocycles. The Bertz CT molecular complexity index is 823. The summed E-state index contributed by atoms with van der Waals surface area (Å²) in [6, 6.07) is 5.88. The summed E-state index contributed by atoms with van der Waals surface area (Å²) >= 11 is 0. The van der Waals surface area contributed by atoms with Crippen molar-refractivity contribution in [1.29, 1.82) is 5.26 Å². The maximum Gasteiger partial charge on any atom is 0.314 e. The zero-order valence-electron chi connectivity index (χ0n) is 19.5. The van der Waals surface area contributed by atoms with E-state index in [-0.39, 0.29) is 23.2 Å². The lowest BCUT2D eigenvalue weighted by molar-refractivity contribution is -0.140. The van der Waals surface area contributed by atoms with E-state index in [0.717, 1.165) is 61.3 Å². The molecule has 0 amide bonds. The third-order valence-electron chi connectivity index (χ3n) is 8.77. The minimum atomic E-state index is -0.646. The molecule has 1 aromatic carbocycles. The molecule has 0 spiro atoms. The Kier molecular flexibility index (Phi) is 7.87. The van der Waals surface area contributed by atoms with Crippen molar-refractivity contribution in [1.82, 2.24) is 0 Å². The topological polar surface area (TPSA) is 50.1 Å². The van der Waals surface area contributed by atoms with E-state index in [0.29, 0.717) is 0 Å². The molecule has 3 nitrogen and oxygen atoms in total. The number of unbranched alkanes of at least 4 members (excludes halogenated alkanes) is 1. The van der Waals surface area contributed by atoms with Crippen LogP contribution in [0.5, 0.6) is 5.75 Å². The summed E-state index contributed by atoms with van der Waals surface area (Å²) in [6.07, 6.45) is 16.6. The quantitative estimate of drug-likeness (QED) is 0.342. The maximum absolute atomic E-state index is 14.1. The Balaban J connectivity index is 1.23. The first kappa shape index (κ1) is 23.3. The average molecular weight is 440 g/mol. The SMILES string of the molecule is CCCCC1CCC2CC(C3CCC(C(=O)Oc4ccc(C#N)cc4F)CC3)CCC2C1. The minimum Gasteiger partial charge on any atom is -0.423 e. The molecule has 0 saturated heterocycles. The van der Waals surface area contributed by atoms with Crippen LogP contribution in [0, 0.1) is 52.7 Å². The fraction of sp³-hybridized carbons (Fsp3) is 0.714. The van der Waals surface area contributed by atoms with Gasteiger partial charge in [0.05, 0.1) is 17.6 Å². The molecule has 32 heavy (non-hydrogen) atoms. The van der Waals surface area contributed by atoms with Crippen LogP contribution in [0.3, 0.4) is 0 Å². The van der Waals surface area contributed by atoms with Gasteiger partial charge in [-0.05, 0) is 106 Å². The second-order valence-electron chi connectivity index (χ2n) is 10.7. The van der Waals surface area contributed by atoms with E-state index in [1.165, 1.54) is 69.9 Å². The molecular formula is C28H38FNO2. The van der Waals surface area contributed by atoms with Gasteiger partial charge < -0.3 is 4.74 Å². The summed E-state index contributed by atoms with van der Waals surface area (Å²) in [6.45, 7) is 2.30. The summed E-state index contributed by atoms with van der Waals surface area (Å²) in [5.41, 5.74) is 0.229. The Morgan fingerprint density at radius 3 is 2.34 bits per heavy atom. The number of fused-ring (bicyclic) bond motifs is 1. The van der Waals surface area contributed by atoms with Gasteiger partial charge in [-0.3, -0.25) is 4.79 Å². The fourth-order valence-electron chi connectivity index (χ4n) is 6.88.